The molecule has 0 heterocycles. The number of aliphatic carboxylic acids is 1. The first-order valence-corrected chi connectivity index (χ1v) is 10.8. The molecule has 35 heavy (non-hydrogen) atoms. The first-order valence-electron chi connectivity index (χ1n) is 10.8. The van der Waals surface area contributed by atoms with Gasteiger partial charge >= 0.3 is 12.0 Å². The van der Waals surface area contributed by atoms with Gasteiger partial charge in [-0.1, -0.05) is 36.4 Å². The zero-order valence-corrected chi connectivity index (χ0v) is 19.1. The lowest BCUT2D eigenvalue weighted by Gasteiger charge is -2.19. The Hall–Kier alpha value is -4.84. The van der Waals surface area contributed by atoms with E-state index >= 15 is 0 Å². The summed E-state index contributed by atoms with van der Waals surface area (Å²) in [5.74, 6) is -1.67. The lowest BCUT2D eigenvalue weighted by Crippen LogP contribution is -2.33. The van der Waals surface area contributed by atoms with Crippen LogP contribution in [0.5, 0.6) is 0 Å². The van der Waals surface area contributed by atoms with Crippen molar-refractivity contribution in [1.82, 2.24) is 4.90 Å². The predicted octanol–water partition coefficient (Wildman–Crippen LogP) is 3.60. The molecule has 5 N–H and O–H groups in total. The maximum atomic E-state index is 12.4. The van der Waals surface area contributed by atoms with Gasteiger partial charge in [-0.3, -0.25) is 4.79 Å². The van der Waals surface area contributed by atoms with E-state index in [-0.39, 0.29) is 11.6 Å². The molecule has 0 aromatic heterocycles. The molecule has 0 bridgehead atoms. The summed E-state index contributed by atoms with van der Waals surface area (Å²) in [5.41, 5.74) is 8.50. The monoisotopic (exact) mass is 471 g/mol. The Labute approximate surface area is 202 Å². The number of anilines is 2. The summed E-state index contributed by atoms with van der Waals surface area (Å²) in [5, 5.41) is 24.4. The number of carboxylic acids is 1. The largest absolute Gasteiger partial charge is 0.479 e. The summed E-state index contributed by atoms with van der Waals surface area (Å²) in [6.45, 7) is 0.434. The van der Waals surface area contributed by atoms with E-state index in [4.69, 9.17) is 11.0 Å². The number of carbonyl (C=O) groups is 3. The van der Waals surface area contributed by atoms with Crippen molar-refractivity contribution in [3.8, 4) is 6.07 Å². The fourth-order valence-electron chi connectivity index (χ4n) is 3.38. The summed E-state index contributed by atoms with van der Waals surface area (Å²) in [6, 6.07) is 20.8. The van der Waals surface area contributed by atoms with Crippen LogP contribution in [0.1, 0.15) is 33.1 Å². The molecule has 0 saturated heterocycles. The Bertz CT molecular complexity index is 1270. The first-order chi connectivity index (χ1) is 16.8. The molecule has 178 valence electrons. The zero-order chi connectivity index (χ0) is 25.4. The third-order valence-electron chi connectivity index (χ3n) is 5.34. The summed E-state index contributed by atoms with van der Waals surface area (Å²) >= 11 is 0. The number of likely N-dealkylation sites (N-methyl/N-ethyl adjacent to an activating group) is 1. The quantitative estimate of drug-likeness (QED) is 0.375. The van der Waals surface area contributed by atoms with Crippen molar-refractivity contribution in [2.24, 2.45) is 5.73 Å². The third kappa shape index (κ3) is 6.82. The van der Waals surface area contributed by atoms with E-state index in [1.807, 2.05) is 18.2 Å². The molecule has 0 aliphatic carbocycles. The van der Waals surface area contributed by atoms with Gasteiger partial charge in [-0.05, 0) is 53.9 Å². The number of hydrogen-bond acceptors (Lipinski definition) is 5. The number of urea groups is 1. The molecule has 0 saturated carbocycles. The average Bonchev–Trinajstić information content (AvgIpc) is 2.86. The van der Waals surface area contributed by atoms with Crippen molar-refractivity contribution < 1.29 is 19.5 Å². The Morgan fingerprint density at radius 2 is 1.71 bits per heavy atom. The van der Waals surface area contributed by atoms with Crippen LogP contribution in [0.3, 0.4) is 0 Å². The Balaban J connectivity index is 1.60. The molecule has 0 aliphatic rings. The lowest BCUT2D eigenvalue weighted by molar-refractivity contribution is -0.138. The molecule has 9 nitrogen and oxygen atoms in total. The van der Waals surface area contributed by atoms with Crippen LogP contribution in [0, 0.1) is 11.3 Å². The van der Waals surface area contributed by atoms with Crippen molar-refractivity contribution in [3.05, 3.63) is 95.1 Å². The maximum Gasteiger partial charge on any atom is 0.330 e. The molecule has 3 aromatic carbocycles. The fraction of sp³-hybridized carbons (Fsp3) is 0.154. The minimum atomic E-state index is -1.07. The molecule has 3 aromatic rings. The van der Waals surface area contributed by atoms with E-state index in [0.29, 0.717) is 35.5 Å². The molecule has 3 amide bonds. The van der Waals surface area contributed by atoms with Crippen LogP contribution >= 0.6 is 0 Å². The van der Waals surface area contributed by atoms with Gasteiger partial charge in [0.1, 0.15) is 0 Å². The van der Waals surface area contributed by atoms with E-state index < -0.39 is 17.9 Å². The van der Waals surface area contributed by atoms with Crippen LogP contribution in [-0.2, 0) is 11.2 Å². The van der Waals surface area contributed by atoms with E-state index in [1.54, 1.807) is 61.6 Å². The van der Waals surface area contributed by atoms with Crippen LogP contribution in [-0.4, -0.2) is 41.5 Å². The SMILES string of the molecule is CN(CCc1ccc(C(Nc2cccc(C(N)=O)c2)C(=O)O)cc1)C(=O)Nc1cccc(C#N)c1. The van der Waals surface area contributed by atoms with Gasteiger partial charge in [-0.25, -0.2) is 9.59 Å². The van der Waals surface area contributed by atoms with Crippen molar-refractivity contribution in [2.45, 2.75) is 12.5 Å². The number of rotatable bonds is 9. The summed E-state index contributed by atoms with van der Waals surface area (Å²) in [4.78, 5) is 37.2. The van der Waals surface area contributed by atoms with E-state index in [2.05, 4.69) is 10.6 Å². The van der Waals surface area contributed by atoms with Crippen molar-refractivity contribution in [1.29, 1.82) is 5.26 Å². The van der Waals surface area contributed by atoms with Gasteiger partial charge in [-0.15, -0.1) is 0 Å². The number of primary amides is 1. The minimum Gasteiger partial charge on any atom is -0.479 e. The molecule has 1 unspecified atom stereocenters. The number of nitrogens with zero attached hydrogens (tertiary/aromatic N) is 2. The van der Waals surface area contributed by atoms with E-state index in [0.717, 1.165) is 5.56 Å². The molecule has 0 fully saturated rings. The molecule has 0 radical (unpaired) electrons. The van der Waals surface area contributed by atoms with Crippen LogP contribution in [0.2, 0.25) is 0 Å². The van der Waals surface area contributed by atoms with Gasteiger partial charge in [0.2, 0.25) is 5.91 Å². The summed E-state index contributed by atoms with van der Waals surface area (Å²) in [6.07, 6.45) is 0.564. The fourth-order valence-corrected chi connectivity index (χ4v) is 3.38. The van der Waals surface area contributed by atoms with Crippen molar-refractivity contribution in [3.63, 3.8) is 0 Å². The highest BCUT2D eigenvalue weighted by molar-refractivity contribution is 5.94. The van der Waals surface area contributed by atoms with Crippen LogP contribution in [0.15, 0.2) is 72.8 Å². The molecule has 1 atom stereocenters. The zero-order valence-electron chi connectivity index (χ0n) is 19.1. The summed E-state index contributed by atoms with van der Waals surface area (Å²) in [7, 11) is 1.67. The number of nitrogens with two attached hydrogens (primary N) is 1. The van der Waals surface area contributed by atoms with Gasteiger partial charge in [0.05, 0.1) is 11.6 Å². The number of benzene rings is 3. The second-order valence-electron chi connectivity index (χ2n) is 7.90. The standard InChI is InChI=1S/C26H25N5O4/c1-31(26(35)30-21-6-2-4-18(14-21)16-27)13-12-17-8-10-19(11-9-17)23(25(33)34)29-22-7-3-5-20(15-22)24(28)32/h2-11,14-15,23,29H,12-13H2,1H3,(H2,28,32)(H,30,35)(H,33,34). The number of nitriles is 1. The highest BCUT2D eigenvalue weighted by atomic mass is 16.4. The first kappa shape index (κ1) is 24.8. The smallest absolute Gasteiger partial charge is 0.330 e. The number of amides is 3. The second-order valence-corrected chi connectivity index (χ2v) is 7.90. The molecule has 3 rings (SSSR count). The van der Waals surface area contributed by atoms with Crippen LogP contribution < -0.4 is 16.4 Å². The number of carbonyl (C=O) groups excluding carboxylic acids is 2. The van der Waals surface area contributed by atoms with Crippen LogP contribution in [0.25, 0.3) is 0 Å². The van der Waals surface area contributed by atoms with Gasteiger partial charge in [0.25, 0.3) is 0 Å². The Morgan fingerprint density at radius 1 is 1.03 bits per heavy atom. The number of hydrogen-bond donors (Lipinski definition) is 4. The number of nitrogens with one attached hydrogen (secondary N) is 2. The Morgan fingerprint density at radius 3 is 2.37 bits per heavy atom. The lowest BCUT2D eigenvalue weighted by atomic mass is 10.0. The summed E-state index contributed by atoms with van der Waals surface area (Å²) < 4.78 is 0. The predicted molar refractivity (Wildman–Crippen MR) is 132 cm³/mol. The van der Waals surface area contributed by atoms with Crippen LogP contribution in [0.4, 0.5) is 16.2 Å². The highest BCUT2D eigenvalue weighted by Crippen LogP contribution is 2.22. The second kappa shape index (κ2) is 11.3. The van der Waals surface area contributed by atoms with Crippen molar-refractivity contribution in [2.75, 3.05) is 24.2 Å². The highest BCUT2D eigenvalue weighted by Gasteiger charge is 2.20. The van der Waals surface area contributed by atoms with Gasteiger partial charge in [-0.2, -0.15) is 5.26 Å². The minimum absolute atomic E-state index is 0.278. The Kier molecular flexibility index (Phi) is 8.03. The molecular formula is C26H25N5O4. The number of carboxylic acid groups (broad SMARTS) is 1. The maximum absolute atomic E-state index is 12.4. The van der Waals surface area contributed by atoms with E-state index in [9.17, 15) is 19.5 Å². The molecule has 0 spiro atoms. The topological polar surface area (TPSA) is 149 Å². The van der Waals surface area contributed by atoms with E-state index in [1.165, 1.54) is 11.0 Å². The molecule has 0 aliphatic heterocycles. The molecular weight excluding hydrogens is 446 g/mol. The average molecular weight is 472 g/mol. The molecule has 9 heteroatoms. The van der Waals surface area contributed by atoms with Gasteiger partial charge < -0.3 is 26.4 Å². The normalized spacial score (nSPS) is 11.1. The van der Waals surface area contributed by atoms with Gasteiger partial charge in [0.15, 0.2) is 6.04 Å². The van der Waals surface area contributed by atoms with Gasteiger partial charge in [0, 0.05) is 30.5 Å². The third-order valence-corrected chi connectivity index (χ3v) is 5.34. The van der Waals surface area contributed by atoms with Crippen molar-refractivity contribution >= 4 is 29.3 Å².